The fraction of sp³-hybridized carbons (Fsp3) is 0.350. The Balaban J connectivity index is 2.52. The van der Waals surface area contributed by atoms with Gasteiger partial charge in [0, 0.05) is 6.54 Å². The van der Waals surface area contributed by atoms with Gasteiger partial charge in [0.1, 0.15) is 6.04 Å². The molecule has 8 heteroatoms. The summed E-state index contributed by atoms with van der Waals surface area (Å²) in [5.41, 5.74) is 5.93. The Bertz CT molecular complexity index is 917. The zero-order valence-electron chi connectivity index (χ0n) is 16.1. The van der Waals surface area contributed by atoms with Crippen molar-refractivity contribution in [3.05, 3.63) is 59.9 Å². The van der Waals surface area contributed by atoms with Crippen LogP contribution in [0.5, 0.6) is 5.75 Å². The predicted octanol–water partition coefficient (Wildman–Crippen LogP) is 2.93. The molecule has 0 aliphatic rings. The first kappa shape index (κ1) is 21.8. The Morgan fingerprint density at radius 2 is 1.82 bits per heavy atom. The van der Waals surface area contributed by atoms with Crippen LogP contribution in [0.4, 0.5) is 4.39 Å². The molecule has 1 atom stereocenters. The number of ether oxygens (including phenoxy) is 1. The number of sulfonamides is 1. The number of hydrogen-bond acceptors (Lipinski definition) is 4. The van der Waals surface area contributed by atoms with E-state index in [4.69, 9.17) is 10.5 Å². The third kappa shape index (κ3) is 5.08. The Morgan fingerprint density at radius 1 is 1.18 bits per heavy atom. The average Bonchev–Trinajstić information content (AvgIpc) is 2.65. The maximum atomic E-state index is 14.1. The zero-order valence-corrected chi connectivity index (χ0v) is 16.9. The third-order valence-electron chi connectivity index (χ3n) is 4.28. The van der Waals surface area contributed by atoms with E-state index in [0.29, 0.717) is 5.56 Å². The molecule has 0 radical (unpaired) electrons. The van der Waals surface area contributed by atoms with Crippen LogP contribution in [0, 0.1) is 11.7 Å². The minimum atomic E-state index is -4.04. The Hall–Kier alpha value is -2.45. The average molecular weight is 408 g/mol. The molecule has 0 saturated heterocycles. The van der Waals surface area contributed by atoms with Crippen LogP contribution in [0.1, 0.15) is 25.8 Å². The predicted molar refractivity (Wildman–Crippen MR) is 105 cm³/mol. The van der Waals surface area contributed by atoms with E-state index in [1.165, 1.54) is 31.4 Å². The number of nitrogens with zero attached hydrogens (tertiary/aromatic N) is 1. The highest BCUT2D eigenvalue weighted by atomic mass is 32.2. The molecule has 152 valence electrons. The molecule has 2 N–H and O–H groups in total. The fourth-order valence-electron chi connectivity index (χ4n) is 2.90. The second-order valence-corrected chi connectivity index (χ2v) is 8.77. The number of halogens is 1. The maximum Gasteiger partial charge on any atom is 0.244 e. The van der Waals surface area contributed by atoms with Gasteiger partial charge in [-0.15, -0.1) is 0 Å². The number of primary amides is 1. The number of carbonyl (C=O) groups excluding carboxylic acids is 1. The first-order valence-corrected chi connectivity index (χ1v) is 10.3. The highest BCUT2D eigenvalue weighted by molar-refractivity contribution is 7.89. The van der Waals surface area contributed by atoms with Crippen LogP contribution < -0.4 is 10.5 Å². The smallest absolute Gasteiger partial charge is 0.244 e. The number of rotatable bonds is 9. The number of nitrogens with two attached hydrogens (primary N) is 1. The lowest BCUT2D eigenvalue weighted by molar-refractivity contribution is -0.122. The summed E-state index contributed by atoms with van der Waals surface area (Å²) in [4.78, 5) is 12.2. The summed E-state index contributed by atoms with van der Waals surface area (Å²) in [5.74, 6) is -1.29. The van der Waals surface area contributed by atoms with Crippen molar-refractivity contribution in [3.8, 4) is 5.75 Å². The van der Waals surface area contributed by atoms with Crippen LogP contribution in [0.2, 0.25) is 0 Å². The lowest BCUT2D eigenvalue weighted by Crippen LogP contribution is -2.48. The molecule has 0 fully saturated rings. The van der Waals surface area contributed by atoms with Gasteiger partial charge in [-0.1, -0.05) is 38.1 Å². The molecule has 6 nitrogen and oxygen atoms in total. The van der Waals surface area contributed by atoms with Crippen LogP contribution in [-0.2, 0) is 21.4 Å². The van der Waals surface area contributed by atoms with Crippen molar-refractivity contribution in [3.63, 3.8) is 0 Å². The molecule has 28 heavy (non-hydrogen) atoms. The Labute approximate surface area is 165 Å². The molecule has 2 aromatic carbocycles. The molecular weight excluding hydrogens is 383 g/mol. The molecule has 1 amide bonds. The number of methoxy groups -OCH3 is 1. The fourth-order valence-corrected chi connectivity index (χ4v) is 4.52. The Kier molecular flexibility index (Phi) is 7.15. The van der Waals surface area contributed by atoms with E-state index in [0.717, 1.165) is 4.31 Å². The molecule has 0 spiro atoms. The van der Waals surface area contributed by atoms with Gasteiger partial charge in [0.2, 0.25) is 15.9 Å². The van der Waals surface area contributed by atoms with E-state index in [2.05, 4.69) is 0 Å². The number of carbonyl (C=O) groups is 1. The van der Waals surface area contributed by atoms with Gasteiger partial charge in [-0.3, -0.25) is 4.79 Å². The van der Waals surface area contributed by atoms with Crippen LogP contribution in [0.3, 0.4) is 0 Å². The van der Waals surface area contributed by atoms with Crippen molar-refractivity contribution in [2.45, 2.75) is 37.8 Å². The highest BCUT2D eigenvalue weighted by Crippen LogP contribution is 2.26. The molecule has 0 aromatic heterocycles. The van der Waals surface area contributed by atoms with E-state index in [1.807, 2.05) is 13.8 Å². The van der Waals surface area contributed by atoms with E-state index in [1.54, 1.807) is 24.3 Å². The molecule has 2 aromatic rings. The lowest BCUT2D eigenvalue weighted by atomic mass is 10.0. The summed E-state index contributed by atoms with van der Waals surface area (Å²) >= 11 is 0. The molecule has 0 saturated carbocycles. The Morgan fingerprint density at radius 3 is 2.32 bits per heavy atom. The van der Waals surface area contributed by atoms with Crippen molar-refractivity contribution in [2.24, 2.45) is 11.7 Å². The standard InChI is InChI=1S/C20H25FN2O4S/c1-14(2)11-18(20(22)24)23(28(25,26)16-7-5-4-6-8-16)13-15-9-10-19(27-3)17(21)12-15/h4-10,12,14,18H,11,13H2,1-3H3,(H2,22,24)/t18-/m1/s1. The third-order valence-corrected chi connectivity index (χ3v) is 6.14. The van der Waals surface area contributed by atoms with E-state index in [9.17, 15) is 17.6 Å². The van der Waals surface area contributed by atoms with Crippen LogP contribution in [0.25, 0.3) is 0 Å². The number of hydrogen-bond donors (Lipinski definition) is 1. The van der Waals surface area contributed by atoms with Crippen molar-refractivity contribution < 1.29 is 22.3 Å². The molecular formula is C20H25FN2O4S. The summed E-state index contributed by atoms with van der Waals surface area (Å²) in [6, 6.07) is 10.9. The second kappa shape index (κ2) is 9.16. The minimum absolute atomic E-state index is 0.0265. The largest absolute Gasteiger partial charge is 0.494 e. The normalized spacial score (nSPS) is 12.9. The van der Waals surface area contributed by atoms with Gasteiger partial charge in [-0.05, 0) is 42.2 Å². The van der Waals surface area contributed by atoms with Crippen molar-refractivity contribution in [2.75, 3.05) is 7.11 Å². The van der Waals surface area contributed by atoms with Gasteiger partial charge in [-0.25, -0.2) is 12.8 Å². The van der Waals surface area contributed by atoms with Crippen LogP contribution in [-0.4, -0.2) is 31.8 Å². The minimum Gasteiger partial charge on any atom is -0.494 e. The zero-order chi connectivity index (χ0) is 20.9. The summed E-state index contributed by atoms with van der Waals surface area (Å²) in [5, 5.41) is 0. The highest BCUT2D eigenvalue weighted by Gasteiger charge is 2.35. The van der Waals surface area contributed by atoms with Gasteiger partial charge >= 0.3 is 0 Å². The first-order chi connectivity index (χ1) is 13.2. The second-order valence-electron chi connectivity index (χ2n) is 6.88. The van der Waals surface area contributed by atoms with Gasteiger partial charge in [0.25, 0.3) is 0 Å². The van der Waals surface area contributed by atoms with E-state index in [-0.39, 0.29) is 29.5 Å². The van der Waals surface area contributed by atoms with E-state index < -0.39 is 27.8 Å². The van der Waals surface area contributed by atoms with Gasteiger partial charge in [0.05, 0.1) is 12.0 Å². The van der Waals surface area contributed by atoms with Crippen molar-refractivity contribution in [1.82, 2.24) is 4.31 Å². The molecule has 0 heterocycles. The summed E-state index contributed by atoms with van der Waals surface area (Å²) in [7, 11) is -2.70. The quantitative estimate of drug-likeness (QED) is 0.691. The van der Waals surface area contributed by atoms with Crippen LogP contribution in [0.15, 0.2) is 53.4 Å². The molecule has 0 aliphatic heterocycles. The van der Waals surface area contributed by atoms with E-state index >= 15 is 0 Å². The lowest BCUT2D eigenvalue weighted by Gasteiger charge is -2.30. The maximum absolute atomic E-state index is 14.1. The summed E-state index contributed by atoms with van der Waals surface area (Å²) in [6.07, 6.45) is 0.250. The first-order valence-electron chi connectivity index (χ1n) is 8.85. The number of benzene rings is 2. The topological polar surface area (TPSA) is 89.7 Å². The molecule has 0 aliphatic carbocycles. The molecule has 2 rings (SSSR count). The van der Waals surface area contributed by atoms with Gasteiger partial charge in [0.15, 0.2) is 11.6 Å². The summed E-state index contributed by atoms with van der Waals surface area (Å²) in [6.45, 7) is 3.55. The molecule has 0 unspecified atom stereocenters. The molecule has 0 bridgehead atoms. The van der Waals surface area contributed by atoms with Crippen molar-refractivity contribution in [1.29, 1.82) is 0 Å². The van der Waals surface area contributed by atoms with Gasteiger partial charge in [-0.2, -0.15) is 4.31 Å². The monoisotopic (exact) mass is 408 g/mol. The SMILES string of the molecule is COc1ccc(CN([C@H](CC(C)C)C(N)=O)S(=O)(=O)c2ccccc2)cc1F. The van der Waals surface area contributed by atoms with Crippen molar-refractivity contribution >= 4 is 15.9 Å². The summed E-state index contributed by atoms with van der Waals surface area (Å²) < 4.78 is 46.6. The van der Waals surface area contributed by atoms with Gasteiger partial charge < -0.3 is 10.5 Å². The number of amides is 1. The van der Waals surface area contributed by atoms with Crippen LogP contribution >= 0.6 is 0 Å².